The van der Waals surface area contributed by atoms with Gasteiger partial charge in [0.15, 0.2) is 0 Å². The number of nitrogens with zero attached hydrogens (tertiary/aromatic N) is 1. The molecule has 2 N–H and O–H groups in total. The molecule has 106 valence electrons. The van der Waals surface area contributed by atoms with Crippen LogP contribution in [0.5, 0.6) is 0 Å². The van der Waals surface area contributed by atoms with Gasteiger partial charge in [0.1, 0.15) is 11.4 Å². The van der Waals surface area contributed by atoms with Gasteiger partial charge in [-0.15, -0.1) is 11.8 Å². The number of aliphatic hydroxyl groups is 1. The average molecular weight is 292 g/mol. The monoisotopic (exact) mass is 292 g/mol. The third kappa shape index (κ3) is 2.53. The number of rotatable bonds is 3. The number of nitrogens with one attached hydrogen (secondary N) is 1. The molecule has 1 aromatic rings. The van der Waals surface area contributed by atoms with Crippen LogP contribution in [0.1, 0.15) is 5.56 Å². The van der Waals surface area contributed by atoms with E-state index < -0.39 is 12.1 Å². The number of carbonyl (C=O) groups excluding carboxylic acids is 2. The van der Waals surface area contributed by atoms with E-state index in [1.54, 1.807) is 4.90 Å². The first-order chi connectivity index (χ1) is 9.65. The van der Waals surface area contributed by atoms with E-state index in [4.69, 9.17) is 0 Å². The van der Waals surface area contributed by atoms with Gasteiger partial charge < -0.3 is 15.3 Å². The number of hydrogen-bond donors (Lipinski definition) is 2. The van der Waals surface area contributed by atoms with Crippen molar-refractivity contribution in [3.05, 3.63) is 35.9 Å². The Morgan fingerprint density at radius 2 is 2.15 bits per heavy atom. The molecule has 0 spiro atoms. The van der Waals surface area contributed by atoms with Crippen molar-refractivity contribution in [1.82, 2.24) is 10.2 Å². The highest BCUT2D eigenvalue weighted by Crippen LogP contribution is 2.34. The Kier molecular flexibility index (Phi) is 3.67. The van der Waals surface area contributed by atoms with E-state index in [2.05, 4.69) is 5.32 Å². The van der Waals surface area contributed by atoms with E-state index in [1.165, 1.54) is 11.8 Å². The molecule has 0 bridgehead atoms. The number of benzene rings is 1. The van der Waals surface area contributed by atoms with Crippen LogP contribution in [0.2, 0.25) is 0 Å². The van der Waals surface area contributed by atoms with Gasteiger partial charge in [0.2, 0.25) is 11.8 Å². The molecule has 0 radical (unpaired) electrons. The number of aliphatic hydroxyl groups excluding tert-OH is 1. The van der Waals surface area contributed by atoms with Crippen LogP contribution in [-0.4, -0.2) is 51.6 Å². The highest BCUT2D eigenvalue weighted by atomic mass is 32.2. The first-order valence-electron chi connectivity index (χ1n) is 6.58. The number of hydrogen-bond acceptors (Lipinski definition) is 4. The normalized spacial score (nSPS) is 28.6. The van der Waals surface area contributed by atoms with Crippen LogP contribution >= 0.6 is 11.8 Å². The molecule has 1 aromatic carbocycles. The highest BCUT2D eigenvalue weighted by molar-refractivity contribution is 8.00. The molecule has 0 aromatic heterocycles. The molecule has 2 heterocycles. The number of β-lactam (4-membered cyclic amide) rings is 1. The third-order valence-electron chi connectivity index (χ3n) is 3.53. The van der Waals surface area contributed by atoms with Gasteiger partial charge in [0.05, 0.1) is 12.5 Å². The van der Waals surface area contributed by atoms with Gasteiger partial charge in [-0.2, -0.15) is 0 Å². The maximum atomic E-state index is 12.0. The first-order valence-corrected chi connectivity index (χ1v) is 7.63. The molecule has 3 rings (SSSR count). The van der Waals surface area contributed by atoms with Crippen LogP contribution in [0.15, 0.2) is 30.3 Å². The van der Waals surface area contributed by atoms with Crippen molar-refractivity contribution in [3.8, 4) is 0 Å². The van der Waals surface area contributed by atoms with Gasteiger partial charge in [-0.25, -0.2) is 0 Å². The zero-order chi connectivity index (χ0) is 14.1. The Hall–Kier alpha value is -1.53. The summed E-state index contributed by atoms with van der Waals surface area (Å²) in [5, 5.41) is 12.3. The quantitative estimate of drug-likeness (QED) is 0.769. The highest BCUT2D eigenvalue weighted by Gasteiger charge is 2.51. The minimum atomic E-state index is -0.457. The van der Waals surface area contributed by atoms with E-state index in [9.17, 15) is 14.7 Å². The standard InChI is InChI=1S/C14H16N2O3S/c17-10-7-16-13(19)12(14(16)20-8-10)15-11(18)6-9-4-2-1-3-5-9/h1-5,10,12,14,17H,6-8H2,(H,15,18)/t10-,12+,14+/m0/s1. The molecule has 0 saturated carbocycles. The van der Waals surface area contributed by atoms with Crippen molar-refractivity contribution < 1.29 is 14.7 Å². The van der Waals surface area contributed by atoms with Crippen LogP contribution in [-0.2, 0) is 16.0 Å². The van der Waals surface area contributed by atoms with E-state index in [-0.39, 0.29) is 23.6 Å². The predicted molar refractivity (Wildman–Crippen MR) is 76.0 cm³/mol. The Morgan fingerprint density at radius 1 is 1.40 bits per heavy atom. The van der Waals surface area contributed by atoms with E-state index in [0.717, 1.165) is 5.56 Å². The van der Waals surface area contributed by atoms with E-state index in [1.807, 2.05) is 30.3 Å². The van der Waals surface area contributed by atoms with Gasteiger partial charge >= 0.3 is 0 Å². The lowest BCUT2D eigenvalue weighted by atomic mass is 10.0. The fraction of sp³-hybridized carbons (Fsp3) is 0.429. The second-order valence-electron chi connectivity index (χ2n) is 5.08. The van der Waals surface area contributed by atoms with Gasteiger partial charge in [-0.1, -0.05) is 30.3 Å². The Labute approximate surface area is 121 Å². The summed E-state index contributed by atoms with van der Waals surface area (Å²) in [6, 6.07) is 9.01. The summed E-state index contributed by atoms with van der Waals surface area (Å²) in [6.07, 6.45) is -0.175. The second-order valence-corrected chi connectivity index (χ2v) is 6.23. The minimum Gasteiger partial charge on any atom is -0.390 e. The molecular weight excluding hydrogens is 276 g/mol. The average Bonchev–Trinajstić information content (AvgIpc) is 2.46. The second kappa shape index (κ2) is 5.46. The molecule has 2 aliphatic heterocycles. The van der Waals surface area contributed by atoms with Gasteiger partial charge in [0.25, 0.3) is 0 Å². The molecule has 6 heteroatoms. The van der Waals surface area contributed by atoms with Crippen LogP contribution in [0.4, 0.5) is 0 Å². The van der Waals surface area contributed by atoms with E-state index in [0.29, 0.717) is 12.3 Å². The largest absolute Gasteiger partial charge is 0.390 e. The van der Waals surface area contributed by atoms with Gasteiger partial charge in [0, 0.05) is 12.3 Å². The van der Waals surface area contributed by atoms with Crippen LogP contribution in [0, 0.1) is 0 Å². The molecule has 5 nitrogen and oxygen atoms in total. The number of amides is 2. The lowest BCUT2D eigenvalue weighted by molar-refractivity contribution is -0.150. The van der Waals surface area contributed by atoms with Crippen molar-refractivity contribution in [2.24, 2.45) is 0 Å². The van der Waals surface area contributed by atoms with Gasteiger partial charge in [-0.05, 0) is 5.56 Å². The number of fused-ring (bicyclic) bond motifs is 1. The lowest BCUT2D eigenvalue weighted by Gasteiger charge is -2.50. The van der Waals surface area contributed by atoms with Crippen molar-refractivity contribution in [1.29, 1.82) is 0 Å². The Balaban J connectivity index is 1.56. The number of carbonyl (C=O) groups is 2. The van der Waals surface area contributed by atoms with Crippen LogP contribution in [0.25, 0.3) is 0 Å². The Morgan fingerprint density at radius 3 is 2.90 bits per heavy atom. The molecule has 2 amide bonds. The zero-order valence-electron chi connectivity index (χ0n) is 10.9. The molecule has 3 atom stereocenters. The topological polar surface area (TPSA) is 69.6 Å². The molecule has 2 aliphatic rings. The van der Waals surface area contributed by atoms with Crippen LogP contribution in [0.3, 0.4) is 0 Å². The number of thioether (sulfide) groups is 1. The molecule has 0 aliphatic carbocycles. The summed E-state index contributed by atoms with van der Waals surface area (Å²) >= 11 is 1.52. The van der Waals surface area contributed by atoms with E-state index >= 15 is 0 Å². The zero-order valence-corrected chi connectivity index (χ0v) is 11.7. The maximum absolute atomic E-state index is 12.0. The molecule has 20 heavy (non-hydrogen) atoms. The SMILES string of the molecule is O=C(Cc1ccccc1)N[C@@H]1C(=O)N2C[C@H](O)CS[C@H]12. The maximum Gasteiger partial charge on any atom is 0.249 e. The predicted octanol–water partition coefficient (Wildman–Crippen LogP) is -0.0101. The summed E-state index contributed by atoms with van der Waals surface area (Å²) in [5.41, 5.74) is 0.931. The first kappa shape index (κ1) is 13.5. The fourth-order valence-electron chi connectivity index (χ4n) is 2.53. The fourth-order valence-corrected chi connectivity index (χ4v) is 3.80. The summed E-state index contributed by atoms with van der Waals surface area (Å²) in [4.78, 5) is 25.5. The third-order valence-corrected chi connectivity index (χ3v) is 4.98. The Bertz CT molecular complexity index is 522. The summed E-state index contributed by atoms with van der Waals surface area (Å²) in [7, 11) is 0. The van der Waals surface area contributed by atoms with Crippen molar-refractivity contribution >= 4 is 23.6 Å². The summed E-state index contributed by atoms with van der Waals surface area (Å²) in [6.45, 7) is 0.377. The molecule has 2 saturated heterocycles. The van der Waals surface area contributed by atoms with Crippen molar-refractivity contribution in [2.45, 2.75) is 23.9 Å². The minimum absolute atomic E-state index is 0.0226. The van der Waals surface area contributed by atoms with Crippen LogP contribution < -0.4 is 5.32 Å². The van der Waals surface area contributed by atoms with Crippen molar-refractivity contribution in [2.75, 3.05) is 12.3 Å². The molecular formula is C14H16N2O3S. The molecule has 0 unspecified atom stereocenters. The summed E-state index contributed by atoms with van der Waals surface area (Å²) in [5.74, 6) is 0.378. The van der Waals surface area contributed by atoms with Crippen molar-refractivity contribution in [3.63, 3.8) is 0 Å². The smallest absolute Gasteiger partial charge is 0.249 e. The summed E-state index contributed by atoms with van der Waals surface area (Å²) < 4.78 is 0. The lowest BCUT2D eigenvalue weighted by Crippen LogP contribution is -2.72. The molecule has 2 fully saturated rings. The van der Waals surface area contributed by atoms with Gasteiger partial charge in [-0.3, -0.25) is 9.59 Å².